The Bertz CT molecular complexity index is 616. The molecule has 0 saturated heterocycles. The third-order valence-electron chi connectivity index (χ3n) is 2.74. The molecular weight excluding hydrogens is 308 g/mol. The molecule has 0 heterocycles. The lowest BCUT2D eigenvalue weighted by Gasteiger charge is -2.14. The van der Waals surface area contributed by atoms with Gasteiger partial charge in [0.25, 0.3) is 0 Å². The highest BCUT2D eigenvalue weighted by Gasteiger charge is 2.16. The van der Waals surface area contributed by atoms with Crippen molar-refractivity contribution in [2.75, 3.05) is 36.6 Å². The molecule has 22 heavy (non-hydrogen) atoms. The fraction of sp³-hybridized carbons (Fsp3) is 0.500. The molecule has 1 rings (SSSR count). The van der Waals surface area contributed by atoms with Gasteiger partial charge in [0.05, 0.1) is 24.2 Å². The number of hydrogen-bond acceptors (Lipinski definition) is 5. The van der Waals surface area contributed by atoms with Crippen molar-refractivity contribution in [3.05, 3.63) is 18.2 Å². The van der Waals surface area contributed by atoms with Gasteiger partial charge in [0, 0.05) is 26.7 Å². The van der Waals surface area contributed by atoms with Crippen molar-refractivity contribution in [3.8, 4) is 5.75 Å². The second-order valence-electron chi connectivity index (χ2n) is 5.04. The summed E-state index contributed by atoms with van der Waals surface area (Å²) in [5, 5.41) is 2.61. The third-order valence-corrected chi connectivity index (χ3v) is 4.30. The van der Waals surface area contributed by atoms with Gasteiger partial charge in [0.15, 0.2) is 0 Å². The van der Waals surface area contributed by atoms with Gasteiger partial charge in [-0.3, -0.25) is 9.52 Å². The Kier molecular flexibility index (Phi) is 6.63. The van der Waals surface area contributed by atoms with Crippen molar-refractivity contribution in [3.63, 3.8) is 0 Å². The van der Waals surface area contributed by atoms with E-state index in [4.69, 9.17) is 9.47 Å². The molecule has 0 aromatic heterocycles. The number of benzene rings is 1. The molecule has 0 bridgehead atoms. The van der Waals surface area contributed by atoms with Crippen molar-refractivity contribution in [1.29, 1.82) is 0 Å². The molecule has 0 fully saturated rings. The van der Waals surface area contributed by atoms with Crippen LogP contribution >= 0.6 is 0 Å². The first kappa shape index (κ1) is 18.2. The highest BCUT2D eigenvalue weighted by molar-refractivity contribution is 7.92. The van der Waals surface area contributed by atoms with Crippen LogP contribution in [0.3, 0.4) is 0 Å². The molecule has 124 valence electrons. The summed E-state index contributed by atoms with van der Waals surface area (Å²) in [6.45, 7) is 3.54. The monoisotopic (exact) mass is 330 g/mol. The zero-order chi connectivity index (χ0) is 16.8. The minimum absolute atomic E-state index is 0.0450. The second-order valence-corrected chi connectivity index (χ2v) is 6.81. The number of anilines is 2. The number of amides is 1. The lowest BCUT2D eigenvalue weighted by molar-refractivity contribution is -0.114. The molecule has 0 spiro atoms. The van der Waals surface area contributed by atoms with Gasteiger partial charge in [-0.25, -0.2) is 8.42 Å². The minimum atomic E-state index is -3.49. The zero-order valence-electron chi connectivity index (χ0n) is 13.2. The summed E-state index contributed by atoms with van der Waals surface area (Å²) in [6.07, 6.45) is 0. The van der Waals surface area contributed by atoms with Crippen molar-refractivity contribution in [2.45, 2.75) is 13.8 Å². The van der Waals surface area contributed by atoms with E-state index in [1.807, 2.05) is 0 Å². The van der Waals surface area contributed by atoms with Gasteiger partial charge in [0.1, 0.15) is 5.75 Å². The highest BCUT2D eigenvalue weighted by Crippen LogP contribution is 2.28. The Morgan fingerprint density at radius 3 is 2.55 bits per heavy atom. The Balaban J connectivity index is 2.87. The van der Waals surface area contributed by atoms with E-state index < -0.39 is 10.0 Å². The number of carbonyl (C=O) groups excluding carboxylic acids is 1. The molecule has 2 N–H and O–H groups in total. The van der Waals surface area contributed by atoms with Crippen LogP contribution in [-0.4, -0.2) is 40.9 Å². The van der Waals surface area contributed by atoms with Crippen LogP contribution < -0.4 is 14.8 Å². The number of nitrogens with one attached hydrogen (secondary N) is 2. The smallest absolute Gasteiger partial charge is 0.233 e. The van der Waals surface area contributed by atoms with Crippen LogP contribution in [-0.2, 0) is 19.6 Å². The summed E-state index contributed by atoms with van der Waals surface area (Å²) >= 11 is 0. The van der Waals surface area contributed by atoms with Crippen LogP contribution in [0.15, 0.2) is 18.2 Å². The molecule has 0 unspecified atom stereocenters. The molecule has 1 aromatic carbocycles. The predicted octanol–water partition coefficient (Wildman–Crippen LogP) is 1.68. The molecule has 1 aromatic rings. The molecule has 0 aliphatic heterocycles. The van der Waals surface area contributed by atoms with Crippen molar-refractivity contribution < 1.29 is 22.7 Å². The molecule has 8 heteroatoms. The summed E-state index contributed by atoms with van der Waals surface area (Å²) in [6, 6.07) is 4.66. The topological polar surface area (TPSA) is 93.7 Å². The Hall–Kier alpha value is -1.80. The van der Waals surface area contributed by atoms with E-state index >= 15 is 0 Å². The summed E-state index contributed by atoms with van der Waals surface area (Å²) in [5.74, 6) is -0.0280. The first-order chi connectivity index (χ1) is 10.3. The molecule has 0 radical (unpaired) electrons. The average Bonchev–Trinajstić information content (AvgIpc) is 2.39. The highest BCUT2D eigenvalue weighted by atomic mass is 32.2. The Morgan fingerprint density at radius 2 is 2.00 bits per heavy atom. The van der Waals surface area contributed by atoms with Gasteiger partial charge in [0.2, 0.25) is 15.9 Å². The van der Waals surface area contributed by atoms with Crippen LogP contribution in [0.5, 0.6) is 5.75 Å². The van der Waals surface area contributed by atoms with Crippen LogP contribution in [0.2, 0.25) is 0 Å². The molecule has 1 amide bonds. The summed E-state index contributed by atoms with van der Waals surface area (Å²) in [7, 11) is -0.516. The maximum Gasteiger partial charge on any atom is 0.233 e. The predicted molar refractivity (Wildman–Crippen MR) is 85.7 cm³/mol. The molecule has 0 aliphatic rings. The van der Waals surface area contributed by atoms with E-state index in [0.717, 1.165) is 0 Å². The van der Waals surface area contributed by atoms with Crippen LogP contribution in [0.25, 0.3) is 0 Å². The summed E-state index contributed by atoms with van der Waals surface area (Å²) < 4.78 is 36.7. The van der Waals surface area contributed by atoms with Gasteiger partial charge in [-0.1, -0.05) is 6.92 Å². The number of hydrogen-bond donors (Lipinski definition) is 2. The first-order valence-corrected chi connectivity index (χ1v) is 8.37. The van der Waals surface area contributed by atoms with Crippen molar-refractivity contribution >= 4 is 27.3 Å². The van der Waals surface area contributed by atoms with E-state index in [2.05, 4.69) is 10.0 Å². The zero-order valence-corrected chi connectivity index (χ0v) is 14.0. The van der Waals surface area contributed by atoms with E-state index in [1.165, 1.54) is 27.2 Å². The first-order valence-electron chi connectivity index (χ1n) is 6.72. The van der Waals surface area contributed by atoms with Gasteiger partial charge < -0.3 is 14.8 Å². The quantitative estimate of drug-likeness (QED) is 0.756. The third kappa shape index (κ3) is 5.90. The number of sulfonamides is 1. The molecule has 7 nitrogen and oxygen atoms in total. The average molecular weight is 330 g/mol. The lowest BCUT2D eigenvalue weighted by atomic mass is 10.2. The number of carbonyl (C=O) groups is 1. The van der Waals surface area contributed by atoms with Crippen LogP contribution in [0, 0.1) is 5.92 Å². The second kappa shape index (κ2) is 8.00. The molecule has 0 aliphatic carbocycles. The molecular formula is C14H22N2O5S. The van der Waals surface area contributed by atoms with Crippen LogP contribution in [0.4, 0.5) is 11.4 Å². The number of ether oxygens (including phenoxy) is 2. The van der Waals surface area contributed by atoms with E-state index in [-0.39, 0.29) is 17.6 Å². The SMILES string of the molecule is COC[C@@H](C)CS(=O)(=O)Nc1ccc(NC(C)=O)c(OC)c1. The van der Waals surface area contributed by atoms with Crippen LogP contribution in [0.1, 0.15) is 13.8 Å². The van der Waals surface area contributed by atoms with Crippen molar-refractivity contribution in [1.82, 2.24) is 0 Å². The lowest BCUT2D eigenvalue weighted by Crippen LogP contribution is -2.23. The normalized spacial score (nSPS) is 12.5. The van der Waals surface area contributed by atoms with Gasteiger partial charge in [-0.2, -0.15) is 0 Å². The maximum atomic E-state index is 12.1. The van der Waals surface area contributed by atoms with E-state index in [1.54, 1.807) is 19.1 Å². The van der Waals surface area contributed by atoms with E-state index in [9.17, 15) is 13.2 Å². The molecule has 0 saturated carbocycles. The maximum absolute atomic E-state index is 12.1. The standard InChI is InChI=1S/C14H22N2O5S/c1-10(8-20-3)9-22(18,19)16-12-5-6-13(15-11(2)17)14(7-12)21-4/h5-7,10,16H,8-9H2,1-4H3,(H,15,17)/t10-/m1/s1. The summed E-state index contributed by atoms with van der Waals surface area (Å²) in [5.41, 5.74) is 0.848. The Labute approximate surface area is 131 Å². The molecule has 1 atom stereocenters. The Morgan fingerprint density at radius 1 is 1.32 bits per heavy atom. The van der Waals surface area contributed by atoms with Gasteiger partial charge >= 0.3 is 0 Å². The largest absolute Gasteiger partial charge is 0.494 e. The van der Waals surface area contributed by atoms with E-state index in [0.29, 0.717) is 23.7 Å². The fourth-order valence-corrected chi connectivity index (χ4v) is 3.39. The van der Waals surface area contributed by atoms with Crippen molar-refractivity contribution in [2.24, 2.45) is 5.92 Å². The number of methoxy groups -OCH3 is 2. The number of rotatable bonds is 8. The summed E-state index contributed by atoms with van der Waals surface area (Å²) in [4.78, 5) is 11.1. The van der Waals surface area contributed by atoms with Gasteiger partial charge in [-0.15, -0.1) is 0 Å². The minimum Gasteiger partial charge on any atom is -0.494 e. The fourth-order valence-electron chi connectivity index (χ4n) is 1.98. The van der Waals surface area contributed by atoms with Gasteiger partial charge in [-0.05, 0) is 18.1 Å².